The summed E-state index contributed by atoms with van der Waals surface area (Å²) >= 11 is 0. The molecule has 0 saturated heterocycles. The van der Waals surface area contributed by atoms with Crippen molar-refractivity contribution in [3.05, 3.63) is 24.3 Å². The maximum atomic E-state index is 11.5. The lowest BCUT2D eigenvalue weighted by Gasteiger charge is -2.12. The molecule has 0 aliphatic rings. The molecule has 0 radical (unpaired) electrons. The first-order valence-electron chi connectivity index (χ1n) is 9.34. The van der Waals surface area contributed by atoms with E-state index in [0.29, 0.717) is 0 Å². The minimum atomic E-state index is -1.16. The number of aliphatic hydroxyl groups is 2. The first-order valence-corrected chi connectivity index (χ1v) is 9.34. The van der Waals surface area contributed by atoms with Gasteiger partial charge in [0.1, 0.15) is 38.6 Å². The van der Waals surface area contributed by atoms with Gasteiger partial charge in [-0.2, -0.15) is 0 Å². The van der Waals surface area contributed by atoms with Crippen LogP contribution in [0.5, 0.6) is 0 Å². The maximum Gasteiger partial charge on any atom is 0.333 e. The molecule has 2 N–H and O–H groups in total. The predicted molar refractivity (Wildman–Crippen MR) is 104 cm³/mol. The fourth-order valence-corrected chi connectivity index (χ4v) is 1.59. The van der Waals surface area contributed by atoms with Crippen molar-refractivity contribution in [2.45, 2.75) is 45.8 Å². The van der Waals surface area contributed by atoms with E-state index < -0.39 is 36.1 Å². The topological polar surface area (TPSA) is 146 Å². The first kappa shape index (κ1) is 27.3. The third-order valence-corrected chi connectivity index (χ3v) is 3.25. The Morgan fingerprint density at radius 1 is 0.800 bits per heavy atom. The lowest BCUT2D eigenvalue weighted by atomic mass is 10.2. The van der Waals surface area contributed by atoms with Crippen molar-refractivity contribution in [1.82, 2.24) is 0 Å². The van der Waals surface area contributed by atoms with E-state index in [9.17, 15) is 29.4 Å². The Labute approximate surface area is 175 Å². The van der Waals surface area contributed by atoms with Crippen LogP contribution in [0.4, 0.5) is 0 Å². The van der Waals surface area contributed by atoms with Gasteiger partial charge in [-0.05, 0) is 6.92 Å². The Hall–Kier alpha value is -2.72. The molecule has 2 atom stereocenters. The Balaban J connectivity index is 3.90. The molecular formula is C20H30O10. The molecule has 0 aromatic heterocycles. The summed E-state index contributed by atoms with van der Waals surface area (Å²) in [4.78, 5) is 45.5. The highest BCUT2D eigenvalue weighted by Gasteiger charge is 2.14. The van der Waals surface area contributed by atoms with Gasteiger partial charge in [-0.3, -0.25) is 14.4 Å². The van der Waals surface area contributed by atoms with E-state index in [-0.39, 0.29) is 50.8 Å². The minimum Gasteiger partial charge on any atom is -0.463 e. The van der Waals surface area contributed by atoms with Crippen LogP contribution in [0.1, 0.15) is 33.6 Å². The van der Waals surface area contributed by atoms with Gasteiger partial charge in [-0.1, -0.05) is 32.6 Å². The number of carbonyl (C=O) groups excluding carboxylic acids is 4. The van der Waals surface area contributed by atoms with Gasteiger partial charge < -0.3 is 29.2 Å². The van der Waals surface area contributed by atoms with Crippen molar-refractivity contribution in [3.63, 3.8) is 0 Å². The largest absolute Gasteiger partial charge is 0.463 e. The normalized spacial score (nSPS) is 12.9. The van der Waals surface area contributed by atoms with Crippen molar-refractivity contribution in [2.75, 3.05) is 26.4 Å². The standard InChI is InChI=1S/C20H30O10/c1-13(2)19(25)29-11-15(21)9-27-17(23)7-5-6-8-18(24)28-10-16(22)12-30-20(26)14(3)4/h5-6,14-16,21-22H,1,7-12H2,2-4H3. The van der Waals surface area contributed by atoms with Crippen LogP contribution in [-0.4, -0.2) is 72.7 Å². The van der Waals surface area contributed by atoms with Crippen molar-refractivity contribution < 1.29 is 48.3 Å². The number of carbonyl (C=O) groups is 4. The van der Waals surface area contributed by atoms with Crippen molar-refractivity contribution in [1.29, 1.82) is 0 Å². The highest BCUT2D eigenvalue weighted by atomic mass is 16.6. The summed E-state index contributed by atoms with van der Waals surface area (Å²) in [6, 6.07) is 0. The van der Waals surface area contributed by atoms with Gasteiger partial charge in [-0.15, -0.1) is 0 Å². The highest BCUT2D eigenvalue weighted by Crippen LogP contribution is 2.00. The van der Waals surface area contributed by atoms with Gasteiger partial charge in [0.05, 0.1) is 18.8 Å². The molecule has 10 heteroatoms. The lowest BCUT2D eigenvalue weighted by Crippen LogP contribution is -2.26. The quantitative estimate of drug-likeness (QED) is 0.172. The van der Waals surface area contributed by atoms with E-state index in [4.69, 9.17) is 18.9 Å². The van der Waals surface area contributed by atoms with E-state index >= 15 is 0 Å². The SMILES string of the molecule is C=C(C)C(=O)OCC(O)COC(=O)CC=CCC(=O)OCC(O)COC(=O)C(C)C. The fourth-order valence-electron chi connectivity index (χ4n) is 1.59. The molecular weight excluding hydrogens is 400 g/mol. The average Bonchev–Trinajstić information content (AvgIpc) is 2.69. The molecule has 0 aliphatic carbocycles. The molecule has 30 heavy (non-hydrogen) atoms. The Morgan fingerprint density at radius 2 is 1.20 bits per heavy atom. The molecule has 0 spiro atoms. The zero-order valence-corrected chi connectivity index (χ0v) is 17.5. The van der Waals surface area contributed by atoms with Crippen LogP contribution < -0.4 is 0 Å². The molecule has 10 nitrogen and oxygen atoms in total. The Kier molecular flexibility index (Phi) is 13.8. The molecule has 0 aromatic carbocycles. The number of rotatable bonds is 14. The van der Waals surface area contributed by atoms with Gasteiger partial charge >= 0.3 is 23.9 Å². The lowest BCUT2D eigenvalue weighted by molar-refractivity contribution is -0.154. The summed E-state index contributed by atoms with van der Waals surface area (Å²) < 4.78 is 19.1. The minimum absolute atomic E-state index is 0.134. The monoisotopic (exact) mass is 430 g/mol. The summed E-state index contributed by atoms with van der Waals surface area (Å²) in [7, 11) is 0. The molecule has 0 fully saturated rings. The molecule has 0 amide bonds. The van der Waals surface area contributed by atoms with Crippen LogP contribution in [0.3, 0.4) is 0 Å². The second kappa shape index (κ2) is 15.2. The number of hydrogen-bond donors (Lipinski definition) is 2. The zero-order chi connectivity index (χ0) is 23.1. The number of hydrogen-bond acceptors (Lipinski definition) is 10. The van der Waals surface area contributed by atoms with Gasteiger partial charge in [-0.25, -0.2) is 4.79 Å². The van der Waals surface area contributed by atoms with Crippen molar-refractivity contribution in [2.24, 2.45) is 5.92 Å². The third-order valence-electron chi connectivity index (χ3n) is 3.25. The van der Waals surface area contributed by atoms with Crippen LogP contribution in [0.15, 0.2) is 24.3 Å². The predicted octanol–water partition coefficient (Wildman–Crippen LogP) is 0.449. The summed E-state index contributed by atoms with van der Waals surface area (Å²) in [5.41, 5.74) is 0.187. The molecule has 0 saturated carbocycles. The van der Waals surface area contributed by atoms with Gasteiger partial charge in [0.2, 0.25) is 0 Å². The van der Waals surface area contributed by atoms with Gasteiger partial charge in [0.15, 0.2) is 0 Å². The Bertz CT molecular complexity index is 623. The molecule has 0 heterocycles. The van der Waals surface area contributed by atoms with Crippen molar-refractivity contribution in [3.8, 4) is 0 Å². The number of aliphatic hydroxyl groups excluding tert-OH is 2. The van der Waals surface area contributed by atoms with Crippen LogP contribution in [0.2, 0.25) is 0 Å². The molecule has 0 aromatic rings. The highest BCUT2D eigenvalue weighted by molar-refractivity contribution is 5.86. The zero-order valence-electron chi connectivity index (χ0n) is 17.5. The van der Waals surface area contributed by atoms with E-state index in [0.717, 1.165) is 0 Å². The second-order valence-corrected chi connectivity index (χ2v) is 6.72. The molecule has 0 bridgehead atoms. The summed E-state index contributed by atoms with van der Waals surface area (Å²) in [6.07, 6.45) is 0.210. The van der Waals surface area contributed by atoms with Crippen molar-refractivity contribution >= 4 is 23.9 Å². The van der Waals surface area contributed by atoms with E-state index in [1.807, 2.05) is 0 Å². The first-order chi connectivity index (χ1) is 14.0. The van der Waals surface area contributed by atoms with Crippen LogP contribution in [0, 0.1) is 5.92 Å². The molecule has 0 rings (SSSR count). The smallest absolute Gasteiger partial charge is 0.333 e. The summed E-state index contributed by atoms with van der Waals surface area (Å²) in [5.74, 6) is -2.72. The van der Waals surface area contributed by atoms with Crippen LogP contribution in [-0.2, 0) is 38.1 Å². The van der Waals surface area contributed by atoms with E-state index in [1.54, 1.807) is 13.8 Å². The van der Waals surface area contributed by atoms with Crippen LogP contribution in [0.25, 0.3) is 0 Å². The molecule has 170 valence electrons. The average molecular weight is 430 g/mol. The third kappa shape index (κ3) is 14.3. The molecule has 2 unspecified atom stereocenters. The fraction of sp³-hybridized carbons (Fsp3) is 0.600. The molecule has 0 aliphatic heterocycles. The Morgan fingerprint density at radius 3 is 1.60 bits per heavy atom. The maximum absolute atomic E-state index is 11.5. The van der Waals surface area contributed by atoms with E-state index in [2.05, 4.69) is 6.58 Å². The summed E-state index contributed by atoms with van der Waals surface area (Å²) in [5, 5.41) is 19.1. The second-order valence-electron chi connectivity index (χ2n) is 6.72. The van der Waals surface area contributed by atoms with E-state index in [1.165, 1.54) is 19.1 Å². The number of esters is 4. The number of ether oxygens (including phenoxy) is 4. The summed E-state index contributed by atoms with van der Waals surface area (Å²) in [6.45, 7) is 6.88. The van der Waals surface area contributed by atoms with Gasteiger partial charge in [0.25, 0.3) is 0 Å². The van der Waals surface area contributed by atoms with Gasteiger partial charge in [0, 0.05) is 5.57 Å². The van der Waals surface area contributed by atoms with Crippen LogP contribution >= 0.6 is 0 Å².